The van der Waals surface area contributed by atoms with Gasteiger partial charge in [-0.1, -0.05) is 18.2 Å². The van der Waals surface area contributed by atoms with Crippen LogP contribution in [-0.4, -0.2) is 31.7 Å². The zero-order chi connectivity index (χ0) is 14.0. The third-order valence-corrected chi connectivity index (χ3v) is 5.42. The van der Waals surface area contributed by atoms with Crippen molar-refractivity contribution in [1.29, 1.82) is 0 Å². The minimum absolute atomic E-state index is 0.0607. The molecule has 0 radical (unpaired) electrons. The van der Waals surface area contributed by atoms with Crippen molar-refractivity contribution < 1.29 is 9.47 Å². The summed E-state index contributed by atoms with van der Waals surface area (Å²) >= 11 is 1.78. The smallest absolute Gasteiger partial charge is 0.0940 e. The lowest BCUT2D eigenvalue weighted by atomic mass is 9.79. The van der Waals surface area contributed by atoms with E-state index in [0.717, 1.165) is 39.1 Å². The highest BCUT2D eigenvalue weighted by molar-refractivity contribution is 7.98. The molecule has 1 spiro atoms. The Morgan fingerprint density at radius 2 is 2.20 bits per heavy atom. The molecule has 0 amide bonds. The number of ether oxygens (including phenoxy) is 2. The van der Waals surface area contributed by atoms with Crippen molar-refractivity contribution in [3.63, 3.8) is 0 Å². The first-order chi connectivity index (χ1) is 9.74. The van der Waals surface area contributed by atoms with Gasteiger partial charge in [-0.2, -0.15) is 0 Å². The van der Waals surface area contributed by atoms with Gasteiger partial charge in [-0.05, 0) is 36.6 Å². The second-order valence-electron chi connectivity index (χ2n) is 5.85. The van der Waals surface area contributed by atoms with Gasteiger partial charge in [0.2, 0.25) is 0 Å². The molecule has 2 heterocycles. The van der Waals surface area contributed by atoms with Gasteiger partial charge in [-0.15, -0.1) is 11.8 Å². The van der Waals surface area contributed by atoms with Crippen LogP contribution in [0.2, 0.25) is 0 Å². The summed E-state index contributed by atoms with van der Waals surface area (Å²) in [6.45, 7) is 2.37. The van der Waals surface area contributed by atoms with Crippen LogP contribution in [0.15, 0.2) is 29.2 Å². The molecular weight excluding hydrogens is 270 g/mol. The predicted octanol–water partition coefficient (Wildman–Crippen LogP) is 2.99. The Bertz CT molecular complexity index is 460. The second-order valence-corrected chi connectivity index (χ2v) is 6.70. The molecule has 20 heavy (non-hydrogen) atoms. The molecule has 2 saturated heterocycles. The highest BCUT2D eigenvalue weighted by Crippen LogP contribution is 2.41. The van der Waals surface area contributed by atoms with Crippen LogP contribution >= 0.6 is 11.8 Å². The number of hydrogen-bond donors (Lipinski definition) is 1. The lowest BCUT2D eigenvalue weighted by Crippen LogP contribution is -2.43. The van der Waals surface area contributed by atoms with E-state index in [0.29, 0.717) is 5.92 Å². The summed E-state index contributed by atoms with van der Waals surface area (Å²) in [6.07, 6.45) is 5.20. The van der Waals surface area contributed by atoms with Gasteiger partial charge >= 0.3 is 0 Å². The van der Waals surface area contributed by atoms with Crippen molar-refractivity contribution in [2.45, 2.75) is 35.8 Å². The van der Waals surface area contributed by atoms with Gasteiger partial charge < -0.3 is 15.2 Å². The van der Waals surface area contributed by atoms with Crippen LogP contribution in [0.3, 0.4) is 0 Å². The topological polar surface area (TPSA) is 44.5 Å². The van der Waals surface area contributed by atoms with E-state index in [4.69, 9.17) is 15.2 Å². The number of nitrogens with two attached hydrogens (primary N) is 1. The van der Waals surface area contributed by atoms with E-state index in [1.54, 1.807) is 11.8 Å². The Hall–Kier alpha value is -0.550. The third kappa shape index (κ3) is 2.75. The first-order valence-corrected chi connectivity index (χ1v) is 8.57. The fraction of sp³-hybridized carbons (Fsp3) is 0.625. The molecule has 3 rings (SSSR count). The summed E-state index contributed by atoms with van der Waals surface area (Å²) < 4.78 is 11.6. The largest absolute Gasteiger partial charge is 0.378 e. The minimum atomic E-state index is -0.0607. The van der Waals surface area contributed by atoms with Crippen LogP contribution in [-0.2, 0) is 9.47 Å². The first-order valence-electron chi connectivity index (χ1n) is 7.34. The van der Waals surface area contributed by atoms with Gasteiger partial charge in [-0.25, -0.2) is 0 Å². The fourth-order valence-corrected chi connectivity index (χ4v) is 4.09. The maximum atomic E-state index is 6.59. The van der Waals surface area contributed by atoms with Gasteiger partial charge in [-0.3, -0.25) is 0 Å². The van der Waals surface area contributed by atoms with Crippen molar-refractivity contribution in [2.24, 2.45) is 11.7 Å². The van der Waals surface area contributed by atoms with E-state index < -0.39 is 0 Å². The van der Waals surface area contributed by atoms with E-state index in [1.165, 1.54) is 10.5 Å². The van der Waals surface area contributed by atoms with Crippen molar-refractivity contribution in [2.75, 3.05) is 26.1 Å². The van der Waals surface area contributed by atoms with Gasteiger partial charge in [0.1, 0.15) is 0 Å². The average Bonchev–Trinajstić information content (AvgIpc) is 2.94. The lowest BCUT2D eigenvalue weighted by molar-refractivity contribution is -0.101. The minimum Gasteiger partial charge on any atom is -0.378 e. The standard InChI is InChI=1S/C16H23NO2S/c1-20-14-5-3-2-4-13(14)15(17)12-6-8-19-16(10-12)7-9-18-11-16/h2-5,12,15H,6-11,17H2,1H3. The Labute approximate surface area is 125 Å². The SMILES string of the molecule is CSc1ccccc1C(N)C1CCOC2(CCOC2)C1. The van der Waals surface area contributed by atoms with E-state index >= 15 is 0 Å². The summed E-state index contributed by atoms with van der Waals surface area (Å²) in [6, 6.07) is 8.60. The summed E-state index contributed by atoms with van der Waals surface area (Å²) in [4.78, 5) is 1.29. The quantitative estimate of drug-likeness (QED) is 0.870. The molecule has 2 N–H and O–H groups in total. The number of rotatable bonds is 3. The maximum Gasteiger partial charge on any atom is 0.0940 e. The summed E-state index contributed by atoms with van der Waals surface area (Å²) in [5.41, 5.74) is 7.81. The molecular formula is C16H23NO2S. The zero-order valence-electron chi connectivity index (χ0n) is 12.0. The highest BCUT2D eigenvalue weighted by Gasteiger charge is 2.42. The molecule has 1 aromatic carbocycles. The Morgan fingerprint density at radius 3 is 2.95 bits per heavy atom. The van der Waals surface area contributed by atoms with Crippen LogP contribution < -0.4 is 5.73 Å². The Morgan fingerprint density at radius 1 is 1.35 bits per heavy atom. The molecule has 0 aliphatic carbocycles. The van der Waals surface area contributed by atoms with E-state index in [9.17, 15) is 0 Å². The van der Waals surface area contributed by atoms with Crippen LogP contribution in [0.1, 0.15) is 30.9 Å². The molecule has 2 fully saturated rings. The third-order valence-electron chi connectivity index (χ3n) is 4.60. The lowest BCUT2D eigenvalue weighted by Gasteiger charge is -2.39. The predicted molar refractivity (Wildman–Crippen MR) is 82.0 cm³/mol. The number of hydrogen-bond acceptors (Lipinski definition) is 4. The molecule has 0 saturated carbocycles. The van der Waals surface area contributed by atoms with Gasteiger partial charge in [0.25, 0.3) is 0 Å². The van der Waals surface area contributed by atoms with Crippen LogP contribution in [0.25, 0.3) is 0 Å². The summed E-state index contributed by atoms with van der Waals surface area (Å²) in [5, 5.41) is 0. The normalized spacial score (nSPS) is 31.6. The van der Waals surface area contributed by atoms with E-state index in [-0.39, 0.29) is 11.6 Å². The maximum absolute atomic E-state index is 6.59. The molecule has 4 heteroatoms. The molecule has 3 atom stereocenters. The average molecular weight is 293 g/mol. The van der Waals surface area contributed by atoms with Gasteiger partial charge in [0.15, 0.2) is 0 Å². The molecule has 0 bridgehead atoms. The van der Waals surface area contributed by atoms with Crippen molar-refractivity contribution in [3.8, 4) is 0 Å². The van der Waals surface area contributed by atoms with E-state index in [1.807, 2.05) is 0 Å². The first kappa shape index (κ1) is 14.4. The Balaban J connectivity index is 1.77. The van der Waals surface area contributed by atoms with Crippen LogP contribution in [0.5, 0.6) is 0 Å². The van der Waals surface area contributed by atoms with Crippen LogP contribution in [0, 0.1) is 5.92 Å². The molecule has 2 aliphatic heterocycles. The molecule has 1 aromatic rings. The zero-order valence-corrected chi connectivity index (χ0v) is 12.8. The summed E-state index contributed by atoms with van der Waals surface area (Å²) in [7, 11) is 0. The van der Waals surface area contributed by atoms with Crippen molar-refractivity contribution in [3.05, 3.63) is 29.8 Å². The van der Waals surface area contributed by atoms with Gasteiger partial charge in [0.05, 0.1) is 12.2 Å². The fourth-order valence-electron chi connectivity index (χ4n) is 3.43. The van der Waals surface area contributed by atoms with Crippen molar-refractivity contribution >= 4 is 11.8 Å². The molecule has 110 valence electrons. The second kappa shape index (κ2) is 6.06. The highest BCUT2D eigenvalue weighted by atomic mass is 32.2. The summed E-state index contributed by atoms with van der Waals surface area (Å²) in [5.74, 6) is 0.485. The van der Waals surface area contributed by atoms with Gasteiger partial charge in [0, 0.05) is 30.6 Å². The monoisotopic (exact) mass is 293 g/mol. The number of thioether (sulfide) groups is 1. The number of benzene rings is 1. The van der Waals surface area contributed by atoms with Crippen LogP contribution in [0.4, 0.5) is 0 Å². The molecule has 3 nitrogen and oxygen atoms in total. The van der Waals surface area contributed by atoms with E-state index in [2.05, 4.69) is 30.5 Å². The Kier molecular flexibility index (Phi) is 4.36. The van der Waals surface area contributed by atoms with Crippen molar-refractivity contribution in [1.82, 2.24) is 0 Å². The molecule has 2 aliphatic rings. The molecule has 0 aromatic heterocycles. The molecule has 3 unspecified atom stereocenters.